The Morgan fingerprint density at radius 3 is 2.56 bits per heavy atom. The molecule has 6 nitrogen and oxygen atoms in total. The van der Waals surface area contributed by atoms with Gasteiger partial charge < -0.3 is 4.74 Å². The molecule has 0 saturated carbocycles. The summed E-state index contributed by atoms with van der Waals surface area (Å²) in [6.45, 7) is 0.0818. The lowest BCUT2D eigenvalue weighted by Gasteiger charge is -2.10. The first-order chi connectivity index (χ1) is 15.6. The molecule has 0 aliphatic heterocycles. The zero-order valence-electron chi connectivity index (χ0n) is 16.8. The molecule has 1 heterocycles. The van der Waals surface area contributed by atoms with Crippen LogP contribution in [0.25, 0.3) is 5.69 Å². The molecule has 0 saturated heterocycles. The number of aromatic nitrogens is 2. The van der Waals surface area contributed by atoms with Gasteiger partial charge in [0.05, 0.1) is 18.1 Å². The molecule has 0 atom stereocenters. The minimum atomic E-state index is -0.466. The van der Waals surface area contributed by atoms with Gasteiger partial charge in [-0.2, -0.15) is 14.9 Å². The van der Waals surface area contributed by atoms with Crippen LogP contribution >= 0.6 is 11.6 Å². The van der Waals surface area contributed by atoms with Gasteiger partial charge in [-0.15, -0.1) is 0 Å². The Hall–Kier alpha value is -3.97. The van der Waals surface area contributed by atoms with E-state index in [2.05, 4.69) is 15.6 Å². The lowest BCUT2D eigenvalue weighted by Crippen LogP contribution is -2.22. The van der Waals surface area contributed by atoms with Gasteiger partial charge >= 0.3 is 0 Å². The molecule has 0 unspecified atom stereocenters. The molecule has 0 aliphatic carbocycles. The summed E-state index contributed by atoms with van der Waals surface area (Å²) in [7, 11) is 0. The highest BCUT2D eigenvalue weighted by Gasteiger charge is 2.10. The van der Waals surface area contributed by atoms with Crippen molar-refractivity contribution < 1.29 is 9.13 Å². The third kappa shape index (κ3) is 4.84. The Morgan fingerprint density at radius 1 is 1.03 bits per heavy atom. The van der Waals surface area contributed by atoms with Gasteiger partial charge in [0.2, 0.25) is 0 Å². The van der Waals surface area contributed by atoms with Crippen LogP contribution in [0.4, 0.5) is 10.1 Å². The van der Waals surface area contributed by atoms with Crippen molar-refractivity contribution in [1.29, 1.82) is 0 Å². The number of hydrazone groups is 1. The summed E-state index contributed by atoms with van der Waals surface area (Å²) in [5.74, 6) is 0.206. The average molecular weight is 449 g/mol. The zero-order chi connectivity index (χ0) is 22.3. The maximum absolute atomic E-state index is 13.8. The number of anilines is 1. The maximum atomic E-state index is 13.8. The van der Waals surface area contributed by atoms with E-state index in [1.54, 1.807) is 54.6 Å². The van der Waals surface area contributed by atoms with Crippen molar-refractivity contribution >= 4 is 23.5 Å². The minimum Gasteiger partial charge on any atom is -0.488 e. The molecule has 4 aromatic rings. The highest BCUT2D eigenvalue weighted by molar-refractivity contribution is 6.32. The van der Waals surface area contributed by atoms with Crippen LogP contribution in [0.1, 0.15) is 11.1 Å². The Bertz CT molecular complexity index is 1310. The number of ether oxygens (including phenoxy) is 1. The molecule has 3 aromatic carbocycles. The first-order valence-corrected chi connectivity index (χ1v) is 10.1. The molecule has 1 aromatic heterocycles. The largest absolute Gasteiger partial charge is 0.488 e. The van der Waals surface area contributed by atoms with E-state index in [9.17, 15) is 9.18 Å². The van der Waals surface area contributed by atoms with Crippen LogP contribution in [0.3, 0.4) is 0 Å². The van der Waals surface area contributed by atoms with E-state index in [-0.39, 0.29) is 23.1 Å². The van der Waals surface area contributed by atoms with Crippen LogP contribution in [0.15, 0.2) is 95.0 Å². The normalized spacial score (nSPS) is 10.9. The van der Waals surface area contributed by atoms with Crippen LogP contribution in [-0.4, -0.2) is 16.0 Å². The van der Waals surface area contributed by atoms with Crippen LogP contribution < -0.4 is 15.7 Å². The van der Waals surface area contributed by atoms with Gasteiger partial charge in [0.15, 0.2) is 0 Å². The molecule has 0 aliphatic rings. The van der Waals surface area contributed by atoms with Gasteiger partial charge in [-0.1, -0.05) is 60.1 Å². The molecule has 0 bridgehead atoms. The van der Waals surface area contributed by atoms with E-state index in [1.807, 2.05) is 18.2 Å². The molecule has 32 heavy (non-hydrogen) atoms. The number of rotatable bonds is 7. The van der Waals surface area contributed by atoms with Gasteiger partial charge in [-0.25, -0.2) is 4.39 Å². The fourth-order valence-corrected chi connectivity index (χ4v) is 3.10. The molecular weight excluding hydrogens is 431 g/mol. The molecule has 1 N–H and O–H groups in total. The Balaban J connectivity index is 1.48. The maximum Gasteiger partial charge on any atom is 0.292 e. The van der Waals surface area contributed by atoms with Gasteiger partial charge in [-0.05, 0) is 30.3 Å². The number of para-hydroxylation sites is 2. The number of hydrogen-bond acceptors (Lipinski definition) is 5. The molecule has 160 valence electrons. The Kier molecular flexibility index (Phi) is 6.57. The third-order valence-corrected chi connectivity index (χ3v) is 4.93. The van der Waals surface area contributed by atoms with Crippen molar-refractivity contribution in [2.45, 2.75) is 6.61 Å². The van der Waals surface area contributed by atoms with Gasteiger partial charge in [0, 0.05) is 11.1 Å². The SMILES string of the molecule is O=c1c(Cl)c(N/N=C/c2ccccc2OCc2ccccc2F)cnn1-c1ccccc1. The molecule has 0 amide bonds. The fraction of sp³-hybridized carbons (Fsp3) is 0.0417. The number of halogens is 2. The van der Waals surface area contributed by atoms with Crippen LogP contribution in [0, 0.1) is 5.82 Å². The quantitative estimate of drug-likeness (QED) is 0.317. The van der Waals surface area contributed by atoms with Gasteiger partial charge in [0.1, 0.15) is 28.9 Å². The van der Waals surface area contributed by atoms with Crippen LogP contribution in [0.5, 0.6) is 5.75 Å². The number of nitrogens with zero attached hydrogens (tertiary/aromatic N) is 3. The van der Waals surface area contributed by atoms with Gasteiger partial charge in [0.25, 0.3) is 5.56 Å². The molecule has 0 spiro atoms. The number of hydrogen-bond donors (Lipinski definition) is 1. The van der Waals surface area contributed by atoms with E-state index >= 15 is 0 Å². The van der Waals surface area contributed by atoms with Crippen LogP contribution in [0.2, 0.25) is 5.02 Å². The summed E-state index contributed by atoms with van der Waals surface area (Å²) in [5, 5.41) is 8.26. The highest BCUT2D eigenvalue weighted by atomic mass is 35.5. The van der Waals surface area contributed by atoms with Crippen molar-refractivity contribution in [3.05, 3.63) is 117 Å². The Morgan fingerprint density at radius 2 is 1.75 bits per heavy atom. The van der Waals surface area contributed by atoms with E-state index in [0.29, 0.717) is 22.6 Å². The summed E-state index contributed by atoms with van der Waals surface area (Å²) in [6, 6.07) is 22.6. The average Bonchev–Trinajstić information content (AvgIpc) is 2.82. The van der Waals surface area contributed by atoms with Crippen LogP contribution in [-0.2, 0) is 6.61 Å². The predicted octanol–water partition coefficient (Wildman–Crippen LogP) is 5.05. The number of benzene rings is 3. The Labute approximate surface area is 188 Å². The lowest BCUT2D eigenvalue weighted by molar-refractivity contribution is 0.299. The second-order valence-electron chi connectivity index (χ2n) is 6.71. The summed E-state index contributed by atoms with van der Waals surface area (Å²) in [5.41, 5.74) is 4.26. The molecular formula is C24H18ClFN4O2. The second kappa shape index (κ2) is 9.89. The van der Waals surface area contributed by atoms with E-state index < -0.39 is 5.56 Å². The summed E-state index contributed by atoms with van der Waals surface area (Å²) in [6.07, 6.45) is 2.95. The van der Waals surface area contributed by atoms with Crippen molar-refractivity contribution in [3.63, 3.8) is 0 Å². The summed E-state index contributed by atoms with van der Waals surface area (Å²) >= 11 is 6.22. The summed E-state index contributed by atoms with van der Waals surface area (Å²) < 4.78 is 20.8. The van der Waals surface area contributed by atoms with Crippen molar-refractivity contribution in [1.82, 2.24) is 9.78 Å². The van der Waals surface area contributed by atoms with E-state index in [0.717, 1.165) is 0 Å². The topological polar surface area (TPSA) is 68.5 Å². The number of nitrogens with one attached hydrogen (secondary N) is 1. The van der Waals surface area contributed by atoms with Gasteiger partial charge in [-0.3, -0.25) is 10.2 Å². The lowest BCUT2D eigenvalue weighted by atomic mass is 10.2. The predicted molar refractivity (Wildman–Crippen MR) is 123 cm³/mol. The zero-order valence-corrected chi connectivity index (χ0v) is 17.5. The third-order valence-electron chi connectivity index (χ3n) is 4.57. The molecule has 0 radical (unpaired) electrons. The molecule has 4 rings (SSSR count). The highest BCUT2D eigenvalue weighted by Crippen LogP contribution is 2.20. The van der Waals surface area contributed by atoms with E-state index in [1.165, 1.54) is 23.2 Å². The second-order valence-corrected chi connectivity index (χ2v) is 7.09. The van der Waals surface area contributed by atoms with E-state index in [4.69, 9.17) is 16.3 Å². The summed E-state index contributed by atoms with van der Waals surface area (Å²) in [4.78, 5) is 12.6. The smallest absolute Gasteiger partial charge is 0.292 e. The first-order valence-electron chi connectivity index (χ1n) is 9.71. The minimum absolute atomic E-state index is 0.0370. The standard InChI is InChI=1S/C24H18ClFN4O2/c25-23-21(15-28-30(24(23)31)19-10-2-1-3-11-19)29-27-14-17-8-5-7-13-22(17)32-16-18-9-4-6-12-20(18)26/h1-15,29H,16H2/b27-14+. The first kappa shape index (κ1) is 21.3. The fourth-order valence-electron chi connectivity index (χ4n) is 2.92. The molecule has 0 fully saturated rings. The van der Waals surface area contributed by atoms with Crippen molar-refractivity contribution in [2.24, 2.45) is 5.10 Å². The molecule has 8 heteroatoms. The van der Waals surface area contributed by atoms with Crippen molar-refractivity contribution in [3.8, 4) is 11.4 Å². The van der Waals surface area contributed by atoms with Crippen molar-refractivity contribution in [2.75, 3.05) is 5.43 Å². The monoisotopic (exact) mass is 448 g/mol.